The van der Waals surface area contributed by atoms with Gasteiger partial charge in [0.1, 0.15) is 17.0 Å². The first-order valence-corrected chi connectivity index (χ1v) is 4.52. The van der Waals surface area contributed by atoms with Crippen molar-refractivity contribution >= 4 is 11.6 Å². The molecule has 0 amide bonds. The number of nitrogens with zero attached hydrogens (tertiary/aromatic N) is 2. The van der Waals surface area contributed by atoms with Crippen LogP contribution in [0.5, 0.6) is 5.75 Å². The Morgan fingerprint density at radius 3 is 2.43 bits per heavy atom. The Bertz CT molecular complexity index is 329. The van der Waals surface area contributed by atoms with E-state index in [0.29, 0.717) is 16.6 Å². The van der Waals surface area contributed by atoms with Crippen LogP contribution in [0, 0.1) is 0 Å². The second kappa shape index (κ2) is 4.11. The number of hydrogen-bond donors (Lipinski definition) is 0. The second-order valence-corrected chi connectivity index (χ2v) is 3.69. The summed E-state index contributed by atoms with van der Waals surface area (Å²) in [5.74, 6) is 0.580. The lowest BCUT2D eigenvalue weighted by Gasteiger charge is -2.23. The molecule has 0 atom stereocenters. The Balaban J connectivity index is 3.20. The predicted octanol–water partition coefficient (Wildman–Crippen LogP) is 2.02. The average molecular weight is 217 g/mol. The minimum absolute atomic E-state index is 0.303. The van der Waals surface area contributed by atoms with Crippen LogP contribution >= 0.6 is 11.6 Å². The van der Waals surface area contributed by atoms with Crippen molar-refractivity contribution < 1.29 is 9.47 Å². The number of aromatic nitrogens is 2. The molecule has 0 aliphatic carbocycles. The van der Waals surface area contributed by atoms with Gasteiger partial charge in [0.15, 0.2) is 5.15 Å². The third kappa shape index (κ3) is 2.13. The zero-order chi connectivity index (χ0) is 10.8. The molecule has 1 heterocycles. The summed E-state index contributed by atoms with van der Waals surface area (Å²) in [5.41, 5.74) is 0.0926. The molecule has 78 valence electrons. The summed E-state index contributed by atoms with van der Waals surface area (Å²) in [6.45, 7) is 3.76. The lowest BCUT2D eigenvalue weighted by atomic mass is 10.0. The summed E-state index contributed by atoms with van der Waals surface area (Å²) in [7, 11) is 3.16. The largest absolute Gasteiger partial charge is 0.495 e. The summed E-state index contributed by atoms with van der Waals surface area (Å²) in [4.78, 5) is 0. The molecule has 1 rings (SSSR count). The van der Waals surface area contributed by atoms with Gasteiger partial charge in [0.05, 0.1) is 7.11 Å². The van der Waals surface area contributed by atoms with E-state index in [9.17, 15) is 0 Å². The van der Waals surface area contributed by atoms with Crippen LogP contribution in [0.15, 0.2) is 6.07 Å². The van der Waals surface area contributed by atoms with Crippen molar-refractivity contribution in [3.63, 3.8) is 0 Å². The van der Waals surface area contributed by atoms with Crippen LogP contribution in [0.4, 0.5) is 0 Å². The summed E-state index contributed by atoms with van der Waals surface area (Å²) < 4.78 is 10.4. The van der Waals surface area contributed by atoms with Crippen LogP contribution in [0.1, 0.15) is 19.5 Å². The highest BCUT2D eigenvalue weighted by molar-refractivity contribution is 6.29. The minimum atomic E-state index is -0.539. The van der Waals surface area contributed by atoms with Crippen molar-refractivity contribution in [1.82, 2.24) is 10.2 Å². The highest BCUT2D eigenvalue weighted by Gasteiger charge is 2.26. The predicted molar refractivity (Wildman–Crippen MR) is 53.6 cm³/mol. The van der Waals surface area contributed by atoms with Gasteiger partial charge in [0, 0.05) is 13.2 Å². The van der Waals surface area contributed by atoms with Gasteiger partial charge in [-0.3, -0.25) is 0 Å². The number of halogens is 1. The molecule has 0 radical (unpaired) electrons. The fourth-order valence-electron chi connectivity index (χ4n) is 1.02. The maximum absolute atomic E-state index is 5.69. The Hall–Kier alpha value is -0.870. The molecule has 1 aromatic heterocycles. The number of methoxy groups -OCH3 is 2. The average Bonchev–Trinajstić information content (AvgIpc) is 2.17. The SMILES string of the molecule is COc1cc(Cl)nnc1C(C)(C)OC. The molecule has 0 spiro atoms. The van der Waals surface area contributed by atoms with Gasteiger partial charge < -0.3 is 9.47 Å². The van der Waals surface area contributed by atoms with E-state index in [1.807, 2.05) is 13.8 Å². The Morgan fingerprint density at radius 1 is 1.29 bits per heavy atom. The molecule has 14 heavy (non-hydrogen) atoms. The van der Waals surface area contributed by atoms with Crippen molar-refractivity contribution in [2.45, 2.75) is 19.4 Å². The molecule has 0 saturated heterocycles. The molecule has 0 saturated carbocycles. The van der Waals surface area contributed by atoms with Crippen molar-refractivity contribution in [2.75, 3.05) is 14.2 Å². The molecule has 0 aliphatic heterocycles. The van der Waals surface area contributed by atoms with Gasteiger partial charge in [-0.25, -0.2) is 0 Å². The van der Waals surface area contributed by atoms with Crippen LogP contribution < -0.4 is 4.74 Å². The van der Waals surface area contributed by atoms with Gasteiger partial charge in [-0.05, 0) is 13.8 Å². The van der Waals surface area contributed by atoms with Crippen molar-refractivity contribution in [1.29, 1.82) is 0 Å². The maximum Gasteiger partial charge on any atom is 0.155 e. The normalized spacial score (nSPS) is 11.5. The highest BCUT2D eigenvalue weighted by atomic mass is 35.5. The molecule has 4 nitrogen and oxygen atoms in total. The fourth-order valence-corrected chi connectivity index (χ4v) is 1.16. The zero-order valence-electron chi connectivity index (χ0n) is 8.67. The number of hydrogen-bond acceptors (Lipinski definition) is 4. The standard InChI is InChI=1S/C9H13ClN2O2/c1-9(2,14-4)8-6(13-3)5-7(10)11-12-8/h5H,1-4H3. The summed E-state index contributed by atoms with van der Waals surface area (Å²) in [5, 5.41) is 8.02. The lowest BCUT2D eigenvalue weighted by Crippen LogP contribution is -2.22. The third-order valence-corrected chi connectivity index (χ3v) is 2.21. The molecule has 0 fully saturated rings. The first-order valence-electron chi connectivity index (χ1n) is 4.14. The minimum Gasteiger partial charge on any atom is -0.495 e. The van der Waals surface area contributed by atoms with E-state index >= 15 is 0 Å². The Labute approximate surface area is 88.2 Å². The van der Waals surface area contributed by atoms with E-state index < -0.39 is 5.60 Å². The molecule has 5 heteroatoms. The fraction of sp³-hybridized carbons (Fsp3) is 0.556. The quantitative estimate of drug-likeness (QED) is 0.776. The molecule has 1 aromatic rings. The maximum atomic E-state index is 5.69. The molecule has 0 aromatic carbocycles. The van der Waals surface area contributed by atoms with Gasteiger partial charge in [0.25, 0.3) is 0 Å². The van der Waals surface area contributed by atoms with Gasteiger partial charge in [-0.15, -0.1) is 10.2 Å². The van der Waals surface area contributed by atoms with E-state index in [-0.39, 0.29) is 0 Å². The summed E-state index contributed by atoms with van der Waals surface area (Å²) in [6.07, 6.45) is 0. The van der Waals surface area contributed by atoms with Crippen molar-refractivity contribution in [2.24, 2.45) is 0 Å². The molecule has 0 N–H and O–H groups in total. The van der Waals surface area contributed by atoms with Crippen LogP contribution in [0.2, 0.25) is 5.15 Å². The van der Waals surface area contributed by atoms with E-state index in [4.69, 9.17) is 21.1 Å². The van der Waals surface area contributed by atoms with Gasteiger partial charge in [0.2, 0.25) is 0 Å². The monoisotopic (exact) mass is 216 g/mol. The van der Waals surface area contributed by atoms with Gasteiger partial charge >= 0.3 is 0 Å². The number of ether oxygens (including phenoxy) is 2. The van der Waals surface area contributed by atoms with Gasteiger partial charge in [-0.1, -0.05) is 11.6 Å². The van der Waals surface area contributed by atoms with Gasteiger partial charge in [-0.2, -0.15) is 0 Å². The van der Waals surface area contributed by atoms with Crippen LogP contribution in [-0.2, 0) is 10.3 Å². The first-order chi connectivity index (χ1) is 6.51. The Morgan fingerprint density at radius 2 is 1.93 bits per heavy atom. The molecule has 0 unspecified atom stereocenters. The van der Waals surface area contributed by atoms with Crippen LogP contribution in [0.3, 0.4) is 0 Å². The first kappa shape index (κ1) is 11.2. The highest BCUT2D eigenvalue weighted by Crippen LogP contribution is 2.30. The van der Waals surface area contributed by atoms with Crippen molar-refractivity contribution in [3.05, 3.63) is 16.9 Å². The smallest absolute Gasteiger partial charge is 0.155 e. The number of rotatable bonds is 3. The summed E-state index contributed by atoms with van der Waals surface area (Å²) >= 11 is 5.69. The Kier molecular flexibility index (Phi) is 3.29. The summed E-state index contributed by atoms with van der Waals surface area (Å²) in [6, 6.07) is 1.62. The molecule has 0 aliphatic rings. The molecular formula is C9H13ClN2O2. The van der Waals surface area contributed by atoms with E-state index in [1.54, 1.807) is 20.3 Å². The van der Waals surface area contributed by atoms with E-state index in [1.165, 1.54) is 0 Å². The van der Waals surface area contributed by atoms with E-state index in [0.717, 1.165) is 0 Å². The van der Waals surface area contributed by atoms with Crippen molar-refractivity contribution in [3.8, 4) is 5.75 Å². The molecular weight excluding hydrogens is 204 g/mol. The third-order valence-electron chi connectivity index (χ3n) is 2.03. The lowest BCUT2D eigenvalue weighted by molar-refractivity contribution is 0.0126. The molecule has 0 bridgehead atoms. The van der Waals surface area contributed by atoms with Crippen LogP contribution in [0.25, 0.3) is 0 Å². The van der Waals surface area contributed by atoms with Crippen LogP contribution in [-0.4, -0.2) is 24.4 Å². The second-order valence-electron chi connectivity index (χ2n) is 3.30. The van der Waals surface area contributed by atoms with E-state index in [2.05, 4.69) is 10.2 Å². The topological polar surface area (TPSA) is 44.2 Å². The zero-order valence-corrected chi connectivity index (χ0v) is 9.42.